The van der Waals surface area contributed by atoms with Gasteiger partial charge in [-0.2, -0.15) is 5.06 Å². The number of carbonyl (C=O) groups is 4. The van der Waals surface area contributed by atoms with Crippen molar-refractivity contribution in [2.75, 3.05) is 34.3 Å². The minimum atomic E-state index is -1.49. The standard InChI is InChI=1S/C42H46N4O9/c1-44(2)33(48)18-17-26-13-15-28(16-14-26)25-46-36-39(50)52-32-24-42(36,40(51)45(3)31(38(49)43-19-20-47)21-27-9-5-4-6-10-27)37(55-46)35-34(32)53-41(54-35)22-29-11-7-8-12-30(29)23-41/h4-18,31-32,34-37,47H,19-25H2,1-3H3,(H,43,49)/t31-,32-,34+,35+,36+,37-,42+/m1/s1. The fourth-order valence-corrected chi connectivity index (χ4v) is 8.98. The topological polar surface area (TPSA) is 147 Å². The Hall–Kier alpha value is -4.92. The molecule has 3 heterocycles. The average molecular weight is 751 g/mol. The zero-order chi connectivity index (χ0) is 38.5. The third kappa shape index (κ3) is 6.63. The van der Waals surface area contributed by atoms with Gasteiger partial charge in [-0.1, -0.05) is 78.9 Å². The largest absolute Gasteiger partial charge is 0.458 e. The van der Waals surface area contributed by atoms with Crippen molar-refractivity contribution in [1.29, 1.82) is 0 Å². The molecule has 13 heteroatoms. The number of hydrogen-bond donors (Lipinski definition) is 2. The van der Waals surface area contributed by atoms with Crippen molar-refractivity contribution in [1.82, 2.24) is 20.2 Å². The molecule has 55 heavy (non-hydrogen) atoms. The molecule has 2 N–H and O–H groups in total. The highest BCUT2D eigenvalue weighted by Crippen LogP contribution is 2.59. The third-order valence-electron chi connectivity index (χ3n) is 11.6. The quantitative estimate of drug-likeness (QED) is 0.221. The number of fused-ring (bicyclic) bond motifs is 5. The number of aliphatic hydroxyl groups excluding tert-OH is 1. The molecule has 1 spiro atoms. The van der Waals surface area contributed by atoms with Crippen LogP contribution in [0.1, 0.15) is 34.2 Å². The molecule has 8 rings (SSSR count). The van der Waals surface area contributed by atoms with Gasteiger partial charge in [-0.05, 0) is 33.9 Å². The summed E-state index contributed by atoms with van der Waals surface area (Å²) in [6.07, 6.45) is 1.37. The number of nitrogens with one attached hydrogen (secondary N) is 1. The fourth-order valence-electron chi connectivity index (χ4n) is 8.98. The van der Waals surface area contributed by atoms with E-state index in [0.717, 1.165) is 27.8 Å². The third-order valence-corrected chi connectivity index (χ3v) is 11.6. The van der Waals surface area contributed by atoms with E-state index in [1.54, 1.807) is 27.2 Å². The van der Waals surface area contributed by atoms with Crippen molar-refractivity contribution in [3.8, 4) is 0 Å². The fraction of sp³-hybridized carbons (Fsp3) is 0.429. The molecule has 5 aliphatic rings. The molecule has 2 aliphatic carbocycles. The van der Waals surface area contributed by atoms with Crippen LogP contribution in [0.2, 0.25) is 0 Å². The monoisotopic (exact) mass is 750 g/mol. The van der Waals surface area contributed by atoms with Gasteiger partial charge in [0.25, 0.3) is 0 Å². The lowest BCUT2D eigenvalue weighted by atomic mass is 9.62. The maximum absolute atomic E-state index is 15.4. The van der Waals surface area contributed by atoms with Crippen LogP contribution in [0.5, 0.6) is 0 Å². The van der Waals surface area contributed by atoms with E-state index in [2.05, 4.69) is 17.4 Å². The number of amides is 3. The molecule has 7 atom stereocenters. The summed E-state index contributed by atoms with van der Waals surface area (Å²) in [6, 6.07) is 22.8. The van der Waals surface area contributed by atoms with Gasteiger partial charge in [0.2, 0.25) is 17.7 Å². The van der Waals surface area contributed by atoms with Gasteiger partial charge in [-0.25, -0.2) is 0 Å². The second-order valence-electron chi connectivity index (χ2n) is 15.4. The summed E-state index contributed by atoms with van der Waals surface area (Å²) >= 11 is 0. The van der Waals surface area contributed by atoms with Crippen molar-refractivity contribution in [3.05, 3.63) is 113 Å². The Labute approximate surface area is 319 Å². The van der Waals surface area contributed by atoms with Gasteiger partial charge in [0.15, 0.2) is 11.8 Å². The molecule has 3 aliphatic heterocycles. The van der Waals surface area contributed by atoms with Gasteiger partial charge in [-0.15, -0.1) is 0 Å². The molecule has 3 amide bonds. The highest BCUT2D eigenvalue weighted by atomic mass is 16.8. The highest BCUT2D eigenvalue weighted by Gasteiger charge is 2.77. The molecule has 3 aromatic carbocycles. The minimum Gasteiger partial charge on any atom is -0.458 e. The second-order valence-corrected chi connectivity index (χ2v) is 15.4. The Kier molecular flexibility index (Phi) is 9.85. The SMILES string of the molecule is CN(C)C(=O)C=Cc1ccc(CN2O[C@@H]3[C@H]4OC5(Cc6ccccc6C5)O[C@H]4[C@H]4C[C@]3(C(=O)N(C)[C@H](Cc3ccccc3)C(=O)NCCO)[C@@H]2C(=O)O4)cc1. The van der Waals surface area contributed by atoms with Crippen LogP contribution in [-0.4, -0.2) is 120 Å². The van der Waals surface area contributed by atoms with Crippen LogP contribution in [0.3, 0.4) is 0 Å². The van der Waals surface area contributed by atoms with Crippen molar-refractivity contribution >= 4 is 29.8 Å². The lowest BCUT2D eigenvalue weighted by Crippen LogP contribution is -2.70. The number of carbonyl (C=O) groups excluding carboxylic acids is 4. The average Bonchev–Trinajstić information content (AvgIpc) is 3.86. The first kappa shape index (κ1) is 37.0. The predicted molar refractivity (Wildman–Crippen MR) is 198 cm³/mol. The van der Waals surface area contributed by atoms with Crippen molar-refractivity contribution in [2.45, 2.75) is 74.5 Å². The number of hydroxylamine groups is 2. The number of rotatable bonds is 11. The number of ether oxygens (including phenoxy) is 3. The predicted octanol–water partition coefficient (Wildman–Crippen LogP) is 2.05. The number of aliphatic hydroxyl groups is 1. The molecule has 0 radical (unpaired) electrons. The Morgan fingerprint density at radius 2 is 1.60 bits per heavy atom. The number of nitrogens with zero attached hydrogens (tertiary/aromatic N) is 3. The first-order valence-electron chi connectivity index (χ1n) is 18.8. The Bertz CT molecular complexity index is 1960. The first-order chi connectivity index (χ1) is 26.5. The molecule has 288 valence electrons. The normalized spacial score (nSPS) is 27.7. The van der Waals surface area contributed by atoms with E-state index < -0.39 is 65.5 Å². The minimum absolute atomic E-state index is 0.0216. The van der Waals surface area contributed by atoms with Crippen LogP contribution in [0.15, 0.2) is 84.9 Å². The van der Waals surface area contributed by atoms with E-state index in [1.807, 2.05) is 66.7 Å². The molecular weight excluding hydrogens is 704 g/mol. The molecular formula is C42H46N4O9. The van der Waals surface area contributed by atoms with Crippen molar-refractivity contribution < 1.29 is 43.3 Å². The molecule has 3 saturated heterocycles. The van der Waals surface area contributed by atoms with Gasteiger partial charge < -0.3 is 34.4 Å². The summed E-state index contributed by atoms with van der Waals surface area (Å²) in [5.41, 5.74) is 3.19. The number of likely N-dealkylation sites (N-methyl/N-ethyl adjacent to an activating group) is 2. The number of esters is 1. The zero-order valence-electron chi connectivity index (χ0n) is 31.1. The van der Waals surface area contributed by atoms with Gasteiger partial charge in [0, 0.05) is 59.4 Å². The Morgan fingerprint density at radius 3 is 2.27 bits per heavy atom. The van der Waals surface area contributed by atoms with Crippen molar-refractivity contribution in [3.63, 3.8) is 0 Å². The van der Waals surface area contributed by atoms with Crippen molar-refractivity contribution in [2.24, 2.45) is 5.41 Å². The molecule has 3 aromatic rings. The lowest BCUT2D eigenvalue weighted by Gasteiger charge is -2.50. The summed E-state index contributed by atoms with van der Waals surface area (Å²) in [7, 11) is 4.96. The van der Waals surface area contributed by atoms with E-state index in [4.69, 9.17) is 19.0 Å². The summed E-state index contributed by atoms with van der Waals surface area (Å²) in [6.45, 7) is -0.100. The van der Waals surface area contributed by atoms with Crippen LogP contribution in [0.4, 0.5) is 0 Å². The summed E-state index contributed by atoms with van der Waals surface area (Å²) in [5.74, 6) is -2.62. The van der Waals surface area contributed by atoms with Gasteiger partial charge in [0.05, 0.1) is 13.2 Å². The van der Waals surface area contributed by atoms with Crippen LogP contribution < -0.4 is 5.32 Å². The van der Waals surface area contributed by atoms with E-state index in [0.29, 0.717) is 12.8 Å². The molecule has 0 aromatic heterocycles. The van der Waals surface area contributed by atoms with E-state index in [1.165, 1.54) is 20.9 Å². The summed E-state index contributed by atoms with van der Waals surface area (Å²) in [4.78, 5) is 65.2. The first-order valence-corrected chi connectivity index (χ1v) is 18.8. The van der Waals surface area contributed by atoms with Crippen LogP contribution in [-0.2, 0) is 64.0 Å². The van der Waals surface area contributed by atoms with Crippen LogP contribution in [0.25, 0.3) is 6.08 Å². The van der Waals surface area contributed by atoms with Crippen LogP contribution >= 0.6 is 0 Å². The Balaban J connectivity index is 1.14. The van der Waals surface area contributed by atoms with E-state index >= 15 is 4.79 Å². The lowest BCUT2D eigenvalue weighted by molar-refractivity contribution is -0.218. The summed E-state index contributed by atoms with van der Waals surface area (Å²) in [5, 5.41) is 13.8. The van der Waals surface area contributed by atoms with Crippen LogP contribution in [0, 0.1) is 5.41 Å². The Morgan fingerprint density at radius 1 is 0.927 bits per heavy atom. The second kappa shape index (κ2) is 14.6. The zero-order valence-corrected chi connectivity index (χ0v) is 31.1. The molecule has 0 unspecified atom stereocenters. The van der Waals surface area contributed by atoms with Gasteiger partial charge >= 0.3 is 5.97 Å². The molecule has 13 nitrogen and oxygen atoms in total. The maximum atomic E-state index is 15.4. The molecule has 4 fully saturated rings. The summed E-state index contributed by atoms with van der Waals surface area (Å²) < 4.78 is 19.8. The van der Waals surface area contributed by atoms with Gasteiger partial charge in [0.1, 0.15) is 35.9 Å². The van der Waals surface area contributed by atoms with Gasteiger partial charge in [-0.3, -0.25) is 24.0 Å². The van der Waals surface area contributed by atoms with E-state index in [-0.39, 0.29) is 38.4 Å². The number of benzene rings is 3. The molecule has 2 bridgehead atoms. The highest BCUT2D eigenvalue weighted by molar-refractivity contribution is 5.96. The van der Waals surface area contributed by atoms with E-state index in [9.17, 15) is 19.5 Å². The maximum Gasteiger partial charge on any atom is 0.327 e. The molecule has 1 saturated carbocycles. The number of hydrogen-bond acceptors (Lipinski definition) is 10. The smallest absolute Gasteiger partial charge is 0.327 e.